The smallest absolute Gasteiger partial charge is 0.245 e. The molecule has 1 aliphatic rings. The van der Waals surface area contributed by atoms with E-state index >= 15 is 0 Å². The van der Waals surface area contributed by atoms with Crippen LogP contribution in [0.1, 0.15) is 43.0 Å². The van der Waals surface area contributed by atoms with Crippen LogP contribution in [-0.4, -0.2) is 49.5 Å². The van der Waals surface area contributed by atoms with Gasteiger partial charge in [-0.15, -0.1) is 21.5 Å². The Morgan fingerprint density at radius 1 is 1.22 bits per heavy atom. The molecule has 4 rings (SSSR count). The van der Waals surface area contributed by atoms with Gasteiger partial charge >= 0.3 is 0 Å². The lowest BCUT2D eigenvalue weighted by Gasteiger charge is -2.31. The van der Waals surface area contributed by atoms with Crippen LogP contribution in [0.2, 0.25) is 0 Å². The van der Waals surface area contributed by atoms with Gasteiger partial charge in [0.05, 0.1) is 6.54 Å². The Labute approximate surface area is 191 Å². The first-order valence-corrected chi connectivity index (χ1v) is 12.0. The largest absolute Gasteiger partial charge is 0.344 e. The Kier molecular flexibility index (Phi) is 7.26. The van der Waals surface area contributed by atoms with Crippen molar-refractivity contribution >= 4 is 23.2 Å². The number of fused-ring (bicyclic) bond motifs is 1. The Bertz CT molecular complexity index is 1050. The molecule has 3 aromatic rings. The van der Waals surface area contributed by atoms with Gasteiger partial charge in [0, 0.05) is 30.0 Å². The van der Waals surface area contributed by atoms with E-state index in [0.29, 0.717) is 44.7 Å². The third kappa shape index (κ3) is 5.40. The van der Waals surface area contributed by atoms with Crippen LogP contribution >= 0.6 is 11.3 Å². The van der Waals surface area contributed by atoms with E-state index in [4.69, 9.17) is 0 Å². The maximum absolute atomic E-state index is 13.1. The SMILES string of the molecule is CCCC(NC(=O)CCCn1nnc(-c2ccccc2)n1)C(=O)N1CCc2sccc2C1. The maximum atomic E-state index is 13.1. The van der Waals surface area contributed by atoms with E-state index in [0.717, 1.165) is 18.4 Å². The van der Waals surface area contributed by atoms with Crippen LogP contribution in [0.25, 0.3) is 11.4 Å². The minimum absolute atomic E-state index is 0.0162. The number of tetrazole rings is 1. The first kappa shape index (κ1) is 22.1. The van der Waals surface area contributed by atoms with Crippen molar-refractivity contribution in [2.45, 2.75) is 58.2 Å². The molecular weight excluding hydrogens is 424 g/mol. The van der Waals surface area contributed by atoms with Crippen molar-refractivity contribution in [2.24, 2.45) is 0 Å². The average Bonchev–Trinajstić information content (AvgIpc) is 3.48. The summed E-state index contributed by atoms with van der Waals surface area (Å²) in [5.41, 5.74) is 2.14. The first-order chi connectivity index (χ1) is 15.6. The summed E-state index contributed by atoms with van der Waals surface area (Å²) in [4.78, 5) is 30.4. The number of nitrogens with zero attached hydrogens (tertiary/aromatic N) is 5. The Hall–Kier alpha value is -3.07. The molecule has 1 atom stereocenters. The summed E-state index contributed by atoms with van der Waals surface area (Å²) in [6, 6.07) is 11.3. The number of aryl methyl sites for hydroxylation is 1. The van der Waals surface area contributed by atoms with Crippen LogP contribution in [-0.2, 0) is 29.1 Å². The molecule has 1 unspecified atom stereocenters. The highest BCUT2D eigenvalue weighted by atomic mass is 32.1. The lowest BCUT2D eigenvalue weighted by Crippen LogP contribution is -2.49. The fourth-order valence-electron chi connectivity index (χ4n) is 3.89. The molecule has 0 bridgehead atoms. The molecule has 8 nitrogen and oxygen atoms in total. The molecular formula is C23H28N6O2S. The summed E-state index contributed by atoms with van der Waals surface area (Å²) in [5.74, 6) is 0.467. The van der Waals surface area contributed by atoms with Crippen LogP contribution in [0.5, 0.6) is 0 Å². The third-order valence-electron chi connectivity index (χ3n) is 5.58. The maximum Gasteiger partial charge on any atom is 0.245 e. The number of amides is 2. The van der Waals surface area contributed by atoms with Gasteiger partial charge < -0.3 is 10.2 Å². The van der Waals surface area contributed by atoms with Gasteiger partial charge in [0.15, 0.2) is 0 Å². The molecule has 0 saturated heterocycles. The number of nitrogens with one attached hydrogen (secondary N) is 1. The lowest BCUT2D eigenvalue weighted by atomic mass is 10.1. The van der Waals surface area contributed by atoms with Gasteiger partial charge in [-0.3, -0.25) is 9.59 Å². The normalized spacial score (nSPS) is 14.1. The number of carbonyl (C=O) groups excluding carboxylic acids is 2. The van der Waals surface area contributed by atoms with E-state index in [1.165, 1.54) is 15.2 Å². The summed E-state index contributed by atoms with van der Waals surface area (Å²) < 4.78 is 0. The molecule has 1 N–H and O–H groups in total. The fraction of sp³-hybridized carbons (Fsp3) is 0.435. The number of rotatable bonds is 9. The Morgan fingerprint density at radius 2 is 2.06 bits per heavy atom. The van der Waals surface area contributed by atoms with Crippen LogP contribution in [0.4, 0.5) is 0 Å². The molecule has 2 aromatic heterocycles. The molecule has 1 aliphatic heterocycles. The van der Waals surface area contributed by atoms with Crippen molar-refractivity contribution < 1.29 is 9.59 Å². The second kappa shape index (κ2) is 10.5. The van der Waals surface area contributed by atoms with Gasteiger partial charge in [0.2, 0.25) is 17.6 Å². The molecule has 0 aliphatic carbocycles. The molecule has 9 heteroatoms. The number of benzene rings is 1. The van der Waals surface area contributed by atoms with Gasteiger partial charge in [-0.2, -0.15) is 4.80 Å². The zero-order chi connectivity index (χ0) is 22.3. The molecule has 3 heterocycles. The molecule has 32 heavy (non-hydrogen) atoms. The highest BCUT2D eigenvalue weighted by Gasteiger charge is 2.28. The monoisotopic (exact) mass is 452 g/mol. The topological polar surface area (TPSA) is 93.0 Å². The standard InChI is InChI=1S/C23H28N6O2S/c1-2-7-19(23(31)28-14-11-20-18(16-28)12-15-32-20)24-21(30)10-6-13-29-26-22(25-27-29)17-8-4-3-5-9-17/h3-5,8-9,12,15,19H,2,6-7,10-11,13-14,16H2,1H3,(H,24,30). The van der Waals surface area contributed by atoms with Crippen molar-refractivity contribution in [3.05, 3.63) is 52.2 Å². The number of hydrogen-bond acceptors (Lipinski definition) is 6. The summed E-state index contributed by atoms with van der Waals surface area (Å²) in [6.45, 7) is 3.87. The van der Waals surface area contributed by atoms with Crippen molar-refractivity contribution in [1.29, 1.82) is 0 Å². The molecule has 168 valence electrons. The predicted molar refractivity (Wildman–Crippen MR) is 123 cm³/mol. The number of carbonyl (C=O) groups is 2. The van der Waals surface area contributed by atoms with Gasteiger partial charge in [-0.25, -0.2) is 0 Å². The second-order valence-corrected chi connectivity index (χ2v) is 8.97. The summed E-state index contributed by atoms with van der Waals surface area (Å²) in [6.07, 6.45) is 3.25. The first-order valence-electron chi connectivity index (χ1n) is 11.1. The van der Waals surface area contributed by atoms with Gasteiger partial charge in [0.25, 0.3) is 0 Å². The van der Waals surface area contributed by atoms with E-state index in [1.807, 2.05) is 42.2 Å². The fourth-order valence-corrected chi connectivity index (χ4v) is 4.78. The average molecular weight is 453 g/mol. The van der Waals surface area contributed by atoms with Crippen molar-refractivity contribution in [3.8, 4) is 11.4 Å². The summed E-state index contributed by atoms with van der Waals surface area (Å²) >= 11 is 1.75. The van der Waals surface area contributed by atoms with Crippen molar-refractivity contribution in [2.75, 3.05) is 6.54 Å². The van der Waals surface area contributed by atoms with E-state index in [1.54, 1.807) is 11.3 Å². The highest BCUT2D eigenvalue weighted by molar-refractivity contribution is 7.10. The van der Waals surface area contributed by atoms with Crippen LogP contribution in [0.3, 0.4) is 0 Å². The molecule has 0 fully saturated rings. The van der Waals surface area contributed by atoms with Gasteiger partial charge in [-0.1, -0.05) is 43.7 Å². The number of thiophene rings is 1. The van der Waals surface area contributed by atoms with E-state index in [-0.39, 0.29) is 11.8 Å². The predicted octanol–water partition coefficient (Wildman–Crippen LogP) is 3.05. The van der Waals surface area contributed by atoms with Crippen molar-refractivity contribution in [3.63, 3.8) is 0 Å². The van der Waals surface area contributed by atoms with Crippen LogP contribution < -0.4 is 5.32 Å². The highest BCUT2D eigenvalue weighted by Crippen LogP contribution is 2.24. The van der Waals surface area contributed by atoms with Crippen molar-refractivity contribution in [1.82, 2.24) is 30.4 Å². The Balaban J connectivity index is 1.26. The molecule has 0 spiro atoms. The molecule has 0 saturated carbocycles. The molecule has 2 amide bonds. The third-order valence-corrected chi connectivity index (χ3v) is 6.60. The second-order valence-electron chi connectivity index (χ2n) is 7.97. The molecule has 1 aromatic carbocycles. The lowest BCUT2D eigenvalue weighted by molar-refractivity contribution is -0.137. The van der Waals surface area contributed by atoms with E-state index in [2.05, 4.69) is 32.2 Å². The zero-order valence-electron chi connectivity index (χ0n) is 18.2. The number of aromatic nitrogens is 4. The minimum atomic E-state index is -0.470. The minimum Gasteiger partial charge on any atom is -0.344 e. The summed E-state index contributed by atoms with van der Waals surface area (Å²) in [5, 5.41) is 17.6. The zero-order valence-corrected chi connectivity index (χ0v) is 19.1. The van der Waals surface area contributed by atoms with E-state index in [9.17, 15) is 9.59 Å². The van der Waals surface area contributed by atoms with Crippen LogP contribution in [0.15, 0.2) is 41.8 Å². The number of hydrogen-bond donors (Lipinski definition) is 1. The van der Waals surface area contributed by atoms with Crippen LogP contribution in [0, 0.1) is 0 Å². The Morgan fingerprint density at radius 3 is 2.88 bits per heavy atom. The summed E-state index contributed by atoms with van der Waals surface area (Å²) in [7, 11) is 0. The molecule has 0 radical (unpaired) electrons. The van der Waals surface area contributed by atoms with Gasteiger partial charge in [0.1, 0.15) is 6.04 Å². The van der Waals surface area contributed by atoms with E-state index < -0.39 is 6.04 Å². The van der Waals surface area contributed by atoms with Gasteiger partial charge in [-0.05, 0) is 41.5 Å². The quantitative estimate of drug-likeness (QED) is 0.539.